The molecule has 3 aromatic rings. The molecule has 0 aliphatic carbocycles. The van der Waals surface area contributed by atoms with Crippen LogP contribution in [-0.2, 0) is 6.54 Å². The summed E-state index contributed by atoms with van der Waals surface area (Å²) < 4.78 is 4.96. The van der Waals surface area contributed by atoms with E-state index in [0.717, 1.165) is 27.8 Å². The standard InChI is InChI=1S/C16H15ClN2OS/c1-2-18-12-7-3-4-8-13(12)19(16(20)11-17)14-9-5-6-10-15(14)21-18/h3-10H,2,11H2,1H3. The first-order valence-corrected chi connectivity index (χ1v) is 8.09. The highest BCUT2D eigenvalue weighted by Gasteiger charge is 2.11. The molecule has 0 aliphatic heterocycles. The predicted molar refractivity (Wildman–Crippen MR) is 90.0 cm³/mol. The van der Waals surface area contributed by atoms with Crippen LogP contribution in [0.2, 0.25) is 0 Å². The maximum absolute atomic E-state index is 12.4. The lowest BCUT2D eigenvalue weighted by Crippen LogP contribution is -2.13. The van der Waals surface area contributed by atoms with Gasteiger partial charge in [-0.15, -0.1) is 11.6 Å². The fourth-order valence-corrected chi connectivity index (χ4v) is 3.58. The van der Waals surface area contributed by atoms with E-state index in [-0.39, 0.29) is 11.8 Å². The number of halogens is 1. The van der Waals surface area contributed by atoms with Gasteiger partial charge in [0.15, 0.2) is 0 Å². The number of rotatable bonds is 2. The second-order valence-corrected chi connectivity index (χ2v) is 5.94. The van der Waals surface area contributed by atoms with Crippen molar-refractivity contribution in [2.45, 2.75) is 13.5 Å². The second kappa shape index (κ2) is 5.92. The lowest BCUT2D eigenvalue weighted by atomic mass is 10.2. The topological polar surface area (TPSA) is 26.9 Å². The molecular formula is C16H15ClN2OS. The number of alkyl halides is 1. The Balaban J connectivity index is 2.63. The van der Waals surface area contributed by atoms with Crippen molar-refractivity contribution in [2.24, 2.45) is 0 Å². The molecular weight excluding hydrogens is 304 g/mol. The normalized spacial score (nSPS) is 11.0. The van der Waals surface area contributed by atoms with Crippen LogP contribution in [0.25, 0.3) is 21.3 Å². The van der Waals surface area contributed by atoms with Gasteiger partial charge in [-0.3, -0.25) is 13.3 Å². The highest BCUT2D eigenvalue weighted by Crippen LogP contribution is 2.24. The fraction of sp³-hybridized carbons (Fsp3) is 0.188. The van der Waals surface area contributed by atoms with E-state index in [4.69, 9.17) is 11.6 Å². The Kier molecular flexibility index (Phi) is 3.99. The van der Waals surface area contributed by atoms with E-state index in [1.807, 2.05) is 48.5 Å². The first-order valence-electron chi connectivity index (χ1n) is 6.78. The largest absolute Gasteiger partial charge is 0.296 e. The Morgan fingerprint density at radius 3 is 2.33 bits per heavy atom. The van der Waals surface area contributed by atoms with Gasteiger partial charge >= 0.3 is 0 Å². The number of fused-ring (bicyclic) bond motifs is 2. The number of carbonyl (C=O) groups excluding carboxylic acids is 1. The molecule has 0 spiro atoms. The minimum atomic E-state index is -0.116. The maximum Gasteiger partial charge on any atom is 0.246 e. The Morgan fingerprint density at radius 2 is 1.67 bits per heavy atom. The molecule has 0 radical (unpaired) electrons. The molecule has 5 heteroatoms. The van der Waals surface area contributed by atoms with Gasteiger partial charge in [0.25, 0.3) is 0 Å². The number of aromatic nitrogens is 2. The SMILES string of the molecule is CCn1sc2ccccc2n(C(=O)CCl)c2ccccc21. The van der Waals surface area contributed by atoms with Crippen molar-refractivity contribution < 1.29 is 4.79 Å². The Morgan fingerprint density at radius 1 is 1.05 bits per heavy atom. The van der Waals surface area contributed by atoms with Gasteiger partial charge in [-0.1, -0.05) is 35.8 Å². The summed E-state index contributed by atoms with van der Waals surface area (Å²) in [6, 6.07) is 15.8. The zero-order chi connectivity index (χ0) is 14.8. The molecule has 3 nitrogen and oxygen atoms in total. The predicted octanol–water partition coefficient (Wildman–Crippen LogP) is 4.68. The quantitative estimate of drug-likeness (QED) is 0.630. The van der Waals surface area contributed by atoms with Gasteiger partial charge < -0.3 is 0 Å². The van der Waals surface area contributed by atoms with Gasteiger partial charge in [-0.2, -0.15) is 0 Å². The fourth-order valence-electron chi connectivity index (χ4n) is 2.44. The molecule has 1 heterocycles. The average Bonchev–Trinajstić information content (AvgIpc) is 2.68. The molecule has 0 fully saturated rings. The van der Waals surface area contributed by atoms with E-state index in [2.05, 4.69) is 10.9 Å². The second-order valence-electron chi connectivity index (χ2n) is 4.61. The number of hydrogen-bond acceptors (Lipinski definition) is 2. The summed E-state index contributed by atoms with van der Waals surface area (Å²) in [5, 5.41) is 0. The average molecular weight is 319 g/mol. The van der Waals surface area contributed by atoms with Crippen LogP contribution in [0.5, 0.6) is 0 Å². The number of hydrogen-bond donors (Lipinski definition) is 0. The van der Waals surface area contributed by atoms with E-state index >= 15 is 0 Å². The highest BCUT2D eigenvalue weighted by atomic mass is 35.5. The maximum atomic E-state index is 12.4. The van der Waals surface area contributed by atoms with Crippen molar-refractivity contribution in [1.82, 2.24) is 8.52 Å². The van der Waals surface area contributed by atoms with Crippen molar-refractivity contribution in [3.63, 3.8) is 0 Å². The zero-order valence-electron chi connectivity index (χ0n) is 11.6. The minimum absolute atomic E-state index is 0.0422. The summed E-state index contributed by atoms with van der Waals surface area (Å²) in [6.07, 6.45) is 0. The third-order valence-corrected chi connectivity index (χ3v) is 4.80. The third-order valence-electron chi connectivity index (χ3n) is 3.36. The van der Waals surface area contributed by atoms with Crippen LogP contribution in [-0.4, -0.2) is 20.3 Å². The molecule has 0 saturated heterocycles. The lowest BCUT2D eigenvalue weighted by Gasteiger charge is -2.08. The summed E-state index contributed by atoms with van der Waals surface area (Å²) >= 11 is 7.48. The van der Waals surface area contributed by atoms with E-state index in [0.29, 0.717) is 0 Å². The van der Waals surface area contributed by atoms with Gasteiger partial charge in [0.1, 0.15) is 5.88 Å². The monoisotopic (exact) mass is 318 g/mol. The van der Waals surface area contributed by atoms with E-state index in [1.165, 1.54) is 0 Å². The summed E-state index contributed by atoms with van der Waals surface area (Å²) in [6.45, 7) is 2.95. The summed E-state index contributed by atoms with van der Waals surface area (Å²) in [4.78, 5) is 12.4. The van der Waals surface area contributed by atoms with Crippen LogP contribution in [0.4, 0.5) is 0 Å². The van der Waals surface area contributed by atoms with Crippen LogP contribution >= 0.6 is 23.1 Å². The highest BCUT2D eigenvalue weighted by molar-refractivity contribution is 7.13. The molecule has 2 aromatic carbocycles. The van der Waals surface area contributed by atoms with Crippen molar-refractivity contribution in [1.29, 1.82) is 0 Å². The number of benzene rings is 2. The number of para-hydroxylation sites is 3. The van der Waals surface area contributed by atoms with Gasteiger partial charge in [0.05, 0.1) is 21.3 Å². The molecule has 0 saturated carbocycles. The molecule has 0 aliphatic rings. The van der Waals surface area contributed by atoms with Crippen molar-refractivity contribution >= 4 is 50.3 Å². The third kappa shape index (κ3) is 2.45. The molecule has 0 N–H and O–H groups in total. The van der Waals surface area contributed by atoms with E-state index < -0.39 is 0 Å². The molecule has 108 valence electrons. The summed E-state index contributed by atoms with van der Waals surface area (Å²) in [5.41, 5.74) is 2.79. The molecule has 0 amide bonds. The summed E-state index contributed by atoms with van der Waals surface area (Å²) in [7, 11) is 0. The van der Waals surface area contributed by atoms with Crippen LogP contribution in [0.3, 0.4) is 0 Å². The number of aryl methyl sites for hydroxylation is 1. The first kappa shape index (κ1) is 14.2. The summed E-state index contributed by atoms with van der Waals surface area (Å²) in [5.74, 6) is -0.158. The number of carbonyl (C=O) groups is 1. The molecule has 0 atom stereocenters. The molecule has 1 aromatic heterocycles. The molecule has 0 unspecified atom stereocenters. The van der Waals surface area contributed by atoms with Gasteiger partial charge in [0.2, 0.25) is 5.91 Å². The van der Waals surface area contributed by atoms with E-state index in [9.17, 15) is 4.79 Å². The zero-order valence-corrected chi connectivity index (χ0v) is 13.2. The van der Waals surface area contributed by atoms with Crippen LogP contribution < -0.4 is 0 Å². The van der Waals surface area contributed by atoms with Crippen LogP contribution in [0, 0.1) is 0 Å². The smallest absolute Gasteiger partial charge is 0.246 e. The van der Waals surface area contributed by atoms with Crippen LogP contribution in [0.1, 0.15) is 11.7 Å². The Labute approximate surface area is 131 Å². The minimum Gasteiger partial charge on any atom is -0.296 e. The van der Waals surface area contributed by atoms with Gasteiger partial charge in [0, 0.05) is 6.54 Å². The van der Waals surface area contributed by atoms with E-state index in [1.54, 1.807) is 16.1 Å². The molecule has 0 bridgehead atoms. The first-order chi connectivity index (χ1) is 10.3. The van der Waals surface area contributed by atoms with Crippen molar-refractivity contribution in [2.75, 3.05) is 5.88 Å². The molecule has 21 heavy (non-hydrogen) atoms. The number of nitrogens with zero attached hydrogens (tertiary/aromatic N) is 2. The lowest BCUT2D eigenvalue weighted by molar-refractivity contribution is 0.0949. The van der Waals surface area contributed by atoms with Gasteiger partial charge in [-0.25, -0.2) is 0 Å². The Bertz CT molecular complexity index is 858. The Hall–Kier alpha value is -1.78. The van der Waals surface area contributed by atoms with Crippen LogP contribution in [0.15, 0.2) is 48.5 Å². The molecule has 3 rings (SSSR count). The van der Waals surface area contributed by atoms with Crippen molar-refractivity contribution in [3.05, 3.63) is 48.5 Å². The van der Waals surface area contributed by atoms with Gasteiger partial charge in [-0.05, 0) is 31.2 Å². The van der Waals surface area contributed by atoms with Crippen molar-refractivity contribution in [3.8, 4) is 0 Å².